The smallest absolute Gasteiger partial charge is 0.283 e. The summed E-state index contributed by atoms with van der Waals surface area (Å²) in [7, 11) is 0. The molecule has 8 heteroatoms. The number of rotatable bonds is 2. The molecular weight excluding hydrogens is 236 g/mol. The minimum absolute atomic E-state index is 0.0148. The van der Waals surface area contributed by atoms with Crippen molar-refractivity contribution in [1.82, 2.24) is 5.16 Å². The molecule has 2 aromatic rings. The Labute approximate surface area is 92.8 Å². The molecule has 0 radical (unpaired) electrons. The second kappa shape index (κ2) is 3.81. The molecule has 0 fully saturated rings. The maximum atomic E-state index is 13.0. The minimum Gasteiger partial charge on any atom is -0.381 e. The van der Waals surface area contributed by atoms with Crippen LogP contribution < -0.4 is 5.73 Å². The fraction of sp³-hybridized carbons (Fsp3) is 0. The number of hydrogen-bond acceptors (Lipinski definition) is 5. The number of benzene rings is 1. The Kier molecular flexibility index (Phi) is 2.47. The van der Waals surface area contributed by atoms with Crippen molar-refractivity contribution in [2.75, 3.05) is 5.73 Å². The first-order chi connectivity index (χ1) is 7.99. The lowest BCUT2D eigenvalue weighted by Gasteiger charge is -1.99. The quantitative estimate of drug-likeness (QED) is 0.641. The SMILES string of the molecule is Nc1cc(-c2cc(F)c(F)cc2[N+](=O)[O-])on1. The van der Waals surface area contributed by atoms with Gasteiger partial charge in [-0.05, 0) is 6.07 Å². The Morgan fingerprint density at radius 3 is 2.47 bits per heavy atom. The fourth-order valence-corrected chi connectivity index (χ4v) is 1.30. The van der Waals surface area contributed by atoms with Gasteiger partial charge in [0.2, 0.25) is 0 Å². The molecule has 1 heterocycles. The number of halogens is 2. The maximum Gasteiger partial charge on any atom is 0.283 e. The van der Waals surface area contributed by atoms with Crippen LogP contribution in [0.15, 0.2) is 22.7 Å². The van der Waals surface area contributed by atoms with E-state index in [1.54, 1.807) is 0 Å². The molecular formula is C9H5F2N3O3. The van der Waals surface area contributed by atoms with Crippen LogP contribution in [-0.2, 0) is 0 Å². The second-order valence-corrected chi connectivity index (χ2v) is 3.16. The second-order valence-electron chi connectivity index (χ2n) is 3.16. The zero-order chi connectivity index (χ0) is 12.6. The summed E-state index contributed by atoms with van der Waals surface area (Å²) in [5, 5.41) is 14.0. The molecule has 17 heavy (non-hydrogen) atoms. The Bertz CT molecular complexity index is 597. The molecule has 1 aromatic carbocycles. The van der Waals surface area contributed by atoms with Crippen LogP contribution in [0.1, 0.15) is 0 Å². The minimum atomic E-state index is -1.31. The number of nitrogens with two attached hydrogens (primary N) is 1. The van der Waals surface area contributed by atoms with Crippen molar-refractivity contribution in [1.29, 1.82) is 0 Å². The van der Waals surface area contributed by atoms with Gasteiger partial charge in [0, 0.05) is 6.07 Å². The summed E-state index contributed by atoms with van der Waals surface area (Å²) < 4.78 is 30.6. The zero-order valence-electron chi connectivity index (χ0n) is 8.18. The topological polar surface area (TPSA) is 95.2 Å². The van der Waals surface area contributed by atoms with Crippen LogP contribution in [-0.4, -0.2) is 10.1 Å². The molecule has 0 spiro atoms. The van der Waals surface area contributed by atoms with Crippen molar-refractivity contribution in [2.45, 2.75) is 0 Å². The highest BCUT2D eigenvalue weighted by Gasteiger charge is 2.22. The van der Waals surface area contributed by atoms with Gasteiger partial charge >= 0.3 is 0 Å². The molecule has 2 rings (SSSR count). The zero-order valence-corrected chi connectivity index (χ0v) is 8.18. The van der Waals surface area contributed by atoms with Crippen molar-refractivity contribution in [2.24, 2.45) is 0 Å². The predicted molar refractivity (Wildman–Crippen MR) is 52.9 cm³/mol. The van der Waals surface area contributed by atoms with E-state index in [1.165, 1.54) is 6.07 Å². The summed E-state index contributed by atoms with van der Waals surface area (Å²) in [6, 6.07) is 2.32. The van der Waals surface area contributed by atoms with Crippen LogP contribution in [0, 0.1) is 21.7 Å². The molecule has 0 aliphatic heterocycles. The van der Waals surface area contributed by atoms with E-state index in [2.05, 4.69) is 9.68 Å². The number of anilines is 1. The van der Waals surface area contributed by atoms with Gasteiger partial charge in [-0.2, -0.15) is 0 Å². The largest absolute Gasteiger partial charge is 0.381 e. The third-order valence-electron chi connectivity index (χ3n) is 2.03. The Balaban J connectivity index is 2.67. The third kappa shape index (κ3) is 1.92. The van der Waals surface area contributed by atoms with Crippen LogP contribution >= 0.6 is 0 Å². The molecule has 88 valence electrons. The average Bonchev–Trinajstić information content (AvgIpc) is 2.68. The number of nitrogens with zero attached hydrogens (tertiary/aromatic N) is 2. The molecule has 1 aromatic heterocycles. The molecule has 6 nitrogen and oxygen atoms in total. The summed E-state index contributed by atoms with van der Waals surface area (Å²) in [6.07, 6.45) is 0. The van der Waals surface area contributed by atoms with E-state index >= 15 is 0 Å². The lowest BCUT2D eigenvalue weighted by atomic mass is 10.1. The van der Waals surface area contributed by atoms with E-state index < -0.39 is 22.2 Å². The van der Waals surface area contributed by atoms with E-state index in [1.807, 2.05) is 0 Å². The van der Waals surface area contributed by atoms with Crippen LogP contribution in [0.2, 0.25) is 0 Å². The number of nitrogen functional groups attached to an aromatic ring is 1. The monoisotopic (exact) mass is 241 g/mol. The normalized spacial score (nSPS) is 10.5. The van der Waals surface area contributed by atoms with E-state index in [0.29, 0.717) is 12.1 Å². The highest BCUT2D eigenvalue weighted by molar-refractivity contribution is 5.70. The van der Waals surface area contributed by atoms with Gasteiger partial charge in [0.25, 0.3) is 5.69 Å². The molecule has 0 amide bonds. The first-order valence-electron chi connectivity index (χ1n) is 4.35. The lowest BCUT2D eigenvalue weighted by Crippen LogP contribution is -1.95. The third-order valence-corrected chi connectivity index (χ3v) is 2.03. The first-order valence-corrected chi connectivity index (χ1v) is 4.35. The molecule has 0 bridgehead atoms. The summed E-state index contributed by atoms with van der Waals surface area (Å²) in [6.45, 7) is 0. The summed E-state index contributed by atoms with van der Waals surface area (Å²) in [5.41, 5.74) is 4.42. The molecule has 2 N–H and O–H groups in total. The van der Waals surface area contributed by atoms with Crippen LogP contribution in [0.25, 0.3) is 11.3 Å². The number of hydrogen-bond donors (Lipinski definition) is 1. The van der Waals surface area contributed by atoms with Crippen molar-refractivity contribution >= 4 is 11.5 Å². The van der Waals surface area contributed by atoms with Gasteiger partial charge in [-0.15, -0.1) is 0 Å². The maximum absolute atomic E-state index is 13.0. The van der Waals surface area contributed by atoms with Gasteiger partial charge in [0.15, 0.2) is 23.2 Å². The summed E-state index contributed by atoms with van der Waals surface area (Å²) in [5.74, 6) is -2.65. The highest BCUT2D eigenvalue weighted by atomic mass is 19.2. The Hall–Kier alpha value is -2.51. The molecule has 0 atom stereocenters. The van der Waals surface area contributed by atoms with Crippen LogP contribution in [0.5, 0.6) is 0 Å². The Morgan fingerprint density at radius 2 is 1.94 bits per heavy atom. The molecule has 0 saturated heterocycles. The van der Waals surface area contributed by atoms with Crippen molar-refractivity contribution in [3.63, 3.8) is 0 Å². The van der Waals surface area contributed by atoms with E-state index in [4.69, 9.17) is 5.73 Å². The van der Waals surface area contributed by atoms with Gasteiger partial charge in [0.05, 0.1) is 11.0 Å². The molecule has 0 aliphatic rings. The Morgan fingerprint density at radius 1 is 1.29 bits per heavy atom. The number of nitro groups is 1. The average molecular weight is 241 g/mol. The van der Waals surface area contributed by atoms with Crippen molar-refractivity contribution in [3.05, 3.63) is 39.9 Å². The van der Waals surface area contributed by atoms with Crippen LogP contribution in [0.4, 0.5) is 20.3 Å². The summed E-state index contributed by atoms with van der Waals surface area (Å²) in [4.78, 5) is 9.84. The molecule has 0 saturated carbocycles. The first kappa shape index (κ1) is 11.0. The fourth-order valence-electron chi connectivity index (χ4n) is 1.30. The lowest BCUT2D eigenvalue weighted by molar-refractivity contribution is -0.384. The standard InChI is InChI=1S/C9H5F2N3O3/c10-5-1-4(8-3-9(12)13-17-8)7(14(15)16)2-6(5)11/h1-3H,(H2,12,13). The van der Waals surface area contributed by atoms with E-state index in [0.717, 1.165) is 0 Å². The predicted octanol–water partition coefficient (Wildman–Crippen LogP) is 2.11. The van der Waals surface area contributed by atoms with Gasteiger partial charge in [-0.3, -0.25) is 10.1 Å². The van der Waals surface area contributed by atoms with Gasteiger partial charge < -0.3 is 10.3 Å². The molecule has 0 unspecified atom stereocenters. The van der Waals surface area contributed by atoms with Crippen molar-refractivity contribution < 1.29 is 18.2 Å². The molecule has 0 aliphatic carbocycles. The van der Waals surface area contributed by atoms with E-state index in [9.17, 15) is 18.9 Å². The number of nitro benzene ring substituents is 1. The highest BCUT2D eigenvalue weighted by Crippen LogP contribution is 2.32. The number of aromatic nitrogens is 1. The van der Waals surface area contributed by atoms with Gasteiger partial charge in [-0.1, -0.05) is 5.16 Å². The van der Waals surface area contributed by atoms with Gasteiger partial charge in [0.1, 0.15) is 5.56 Å². The van der Waals surface area contributed by atoms with Gasteiger partial charge in [-0.25, -0.2) is 8.78 Å². The summed E-state index contributed by atoms with van der Waals surface area (Å²) >= 11 is 0. The van der Waals surface area contributed by atoms with Crippen molar-refractivity contribution in [3.8, 4) is 11.3 Å². The van der Waals surface area contributed by atoms with E-state index in [-0.39, 0.29) is 17.1 Å². The van der Waals surface area contributed by atoms with Crippen LogP contribution in [0.3, 0.4) is 0 Å².